The molecule has 0 spiro atoms. The monoisotopic (exact) mass is 277 g/mol. The van der Waals surface area contributed by atoms with Crippen LogP contribution in [0.4, 0.5) is 17.1 Å². The van der Waals surface area contributed by atoms with Crippen molar-refractivity contribution in [2.75, 3.05) is 5.01 Å². The Kier molecular flexibility index (Phi) is 3.72. The maximum Gasteiger partial charge on any atom is 0.295 e. The van der Waals surface area contributed by atoms with Crippen molar-refractivity contribution in [2.45, 2.75) is 0 Å². The number of hydrogen-bond acceptors (Lipinski definition) is 4. The third kappa shape index (κ3) is 2.69. The summed E-state index contributed by atoms with van der Waals surface area (Å²) in [4.78, 5) is 21.4. The summed E-state index contributed by atoms with van der Waals surface area (Å²) in [6.45, 7) is 0. The number of hydrogen-bond donors (Lipinski definition) is 0. The third-order valence-corrected chi connectivity index (χ3v) is 2.68. The van der Waals surface area contributed by atoms with Crippen molar-refractivity contribution in [3.05, 3.63) is 68.6 Å². The first-order chi connectivity index (χ1) is 9.13. The Hall–Kier alpha value is -2.47. The van der Waals surface area contributed by atoms with Gasteiger partial charge in [-0.1, -0.05) is 29.8 Å². The lowest BCUT2D eigenvalue weighted by molar-refractivity contribution is -0.384. The summed E-state index contributed by atoms with van der Waals surface area (Å²) >= 11 is 5.82. The number of nitro groups is 1. The summed E-state index contributed by atoms with van der Waals surface area (Å²) in [7, 11) is 0. The van der Waals surface area contributed by atoms with Gasteiger partial charge in [-0.15, -0.1) is 4.91 Å². The van der Waals surface area contributed by atoms with Gasteiger partial charge in [0.25, 0.3) is 5.69 Å². The van der Waals surface area contributed by atoms with Crippen LogP contribution in [0.2, 0.25) is 5.02 Å². The summed E-state index contributed by atoms with van der Waals surface area (Å²) in [6, 6.07) is 12.3. The first-order valence-corrected chi connectivity index (χ1v) is 5.63. The van der Waals surface area contributed by atoms with Gasteiger partial charge in [0, 0.05) is 11.1 Å². The van der Waals surface area contributed by atoms with Gasteiger partial charge in [0.1, 0.15) is 5.69 Å². The molecule has 0 aliphatic rings. The maximum absolute atomic E-state index is 11.0. The molecular weight excluding hydrogens is 270 g/mol. The van der Waals surface area contributed by atoms with Gasteiger partial charge in [-0.25, -0.2) is 0 Å². The lowest BCUT2D eigenvalue weighted by atomic mass is 10.2. The maximum atomic E-state index is 11.0. The van der Waals surface area contributed by atoms with E-state index >= 15 is 0 Å². The highest BCUT2D eigenvalue weighted by Gasteiger charge is 2.21. The van der Waals surface area contributed by atoms with E-state index in [1.165, 1.54) is 18.2 Å². The molecule has 2 aromatic rings. The molecule has 0 atom stereocenters. The molecule has 0 N–H and O–H groups in total. The van der Waals surface area contributed by atoms with Gasteiger partial charge >= 0.3 is 0 Å². The van der Waals surface area contributed by atoms with Crippen LogP contribution in [0.3, 0.4) is 0 Å². The smallest absolute Gasteiger partial charge is 0.258 e. The lowest BCUT2D eigenvalue weighted by Crippen LogP contribution is -2.09. The quantitative estimate of drug-likeness (QED) is 0.479. The molecule has 19 heavy (non-hydrogen) atoms. The van der Waals surface area contributed by atoms with E-state index in [0.717, 1.165) is 5.01 Å². The van der Waals surface area contributed by atoms with Crippen molar-refractivity contribution in [3.63, 3.8) is 0 Å². The summed E-state index contributed by atoms with van der Waals surface area (Å²) in [5.41, 5.74) is 0.203. The van der Waals surface area contributed by atoms with Crippen molar-refractivity contribution >= 4 is 28.7 Å². The molecule has 0 heterocycles. The van der Waals surface area contributed by atoms with Gasteiger partial charge in [0.2, 0.25) is 0 Å². The van der Waals surface area contributed by atoms with E-state index in [4.69, 9.17) is 11.6 Å². The number of rotatable bonds is 4. The summed E-state index contributed by atoms with van der Waals surface area (Å²) < 4.78 is 0. The number of nitrogens with zero attached hydrogens (tertiary/aromatic N) is 3. The molecule has 0 saturated carbocycles. The fourth-order valence-corrected chi connectivity index (χ4v) is 1.79. The second-order valence-electron chi connectivity index (χ2n) is 3.62. The van der Waals surface area contributed by atoms with Crippen LogP contribution in [0, 0.1) is 15.0 Å². The van der Waals surface area contributed by atoms with Crippen molar-refractivity contribution in [1.29, 1.82) is 0 Å². The van der Waals surface area contributed by atoms with Crippen LogP contribution in [-0.2, 0) is 0 Å². The summed E-state index contributed by atoms with van der Waals surface area (Å²) in [6.07, 6.45) is 0. The lowest BCUT2D eigenvalue weighted by Gasteiger charge is -2.15. The minimum absolute atomic E-state index is 0.0266. The summed E-state index contributed by atoms with van der Waals surface area (Å²) in [5.74, 6) is 0. The molecule has 6 nitrogen and oxygen atoms in total. The molecule has 0 aliphatic heterocycles. The molecule has 0 fully saturated rings. The average molecular weight is 278 g/mol. The van der Waals surface area contributed by atoms with Crippen LogP contribution in [0.5, 0.6) is 0 Å². The zero-order chi connectivity index (χ0) is 13.8. The predicted molar refractivity (Wildman–Crippen MR) is 72.5 cm³/mol. The van der Waals surface area contributed by atoms with E-state index in [1.807, 2.05) is 0 Å². The third-order valence-electron chi connectivity index (χ3n) is 2.44. The minimum Gasteiger partial charge on any atom is -0.258 e. The van der Waals surface area contributed by atoms with Gasteiger partial charge in [-0.05, 0) is 24.3 Å². The van der Waals surface area contributed by atoms with E-state index in [9.17, 15) is 15.0 Å². The molecule has 0 unspecified atom stereocenters. The molecule has 0 aliphatic carbocycles. The second-order valence-corrected chi connectivity index (χ2v) is 4.06. The van der Waals surface area contributed by atoms with Crippen molar-refractivity contribution in [2.24, 2.45) is 5.29 Å². The fourth-order valence-electron chi connectivity index (χ4n) is 1.62. The Bertz CT molecular complexity index is 619. The highest BCUT2D eigenvalue weighted by molar-refractivity contribution is 6.31. The molecule has 0 amide bonds. The van der Waals surface area contributed by atoms with Crippen LogP contribution in [0.1, 0.15) is 0 Å². The first kappa shape index (κ1) is 13.0. The number of nitroso groups, excluding NO2 is 1. The molecule has 7 heteroatoms. The Labute approximate surface area is 113 Å². The van der Waals surface area contributed by atoms with E-state index < -0.39 is 4.92 Å². The van der Waals surface area contributed by atoms with Crippen molar-refractivity contribution < 1.29 is 4.92 Å². The Morgan fingerprint density at radius 1 is 1.16 bits per heavy atom. The normalized spacial score (nSPS) is 9.95. The van der Waals surface area contributed by atoms with E-state index in [1.54, 1.807) is 30.3 Å². The zero-order valence-electron chi connectivity index (χ0n) is 9.56. The zero-order valence-corrected chi connectivity index (χ0v) is 10.3. The predicted octanol–water partition coefficient (Wildman–Crippen LogP) is 4.07. The van der Waals surface area contributed by atoms with Crippen LogP contribution >= 0.6 is 11.6 Å². The molecule has 2 rings (SSSR count). The van der Waals surface area contributed by atoms with E-state index in [0.29, 0.717) is 5.69 Å². The van der Waals surface area contributed by atoms with Crippen molar-refractivity contribution in [3.8, 4) is 0 Å². The Balaban J connectivity index is 2.58. The fraction of sp³-hybridized carbons (Fsp3) is 0. The van der Waals surface area contributed by atoms with E-state index in [2.05, 4.69) is 5.29 Å². The van der Waals surface area contributed by atoms with E-state index in [-0.39, 0.29) is 16.4 Å². The highest BCUT2D eigenvalue weighted by Crippen LogP contribution is 2.35. The second kappa shape index (κ2) is 5.45. The first-order valence-electron chi connectivity index (χ1n) is 5.26. The van der Waals surface area contributed by atoms with Gasteiger partial charge in [-0.3, -0.25) is 10.1 Å². The number of para-hydroxylation sites is 1. The number of halogens is 1. The standard InChI is InChI=1S/C12H8ClN3O3/c13-9-6-7-11(16(18)19)12(8-9)15(14-17)10-4-2-1-3-5-10/h1-8H. The van der Waals surface area contributed by atoms with Gasteiger partial charge in [0.15, 0.2) is 0 Å². The molecule has 0 bridgehead atoms. The highest BCUT2D eigenvalue weighted by atomic mass is 35.5. The topological polar surface area (TPSA) is 75.8 Å². The molecule has 0 radical (unpaired) electrons. The minimum atomic E-state index is -0.590. The van der Waals surface area contributed by atoms with Gasteiger partial charge in [0.05, 0.1) is 15.9 Å². The number of benzene rings is 2. The van der Waals surface area contributed by atoms with Gasteiger partial charge in [-0.2, -0.15) is 5.01 Å². The number of nitro benzene ring substituents is 1. The Morgan fingerprint density at radius 3 is 2.42 bits per heavy atom. The van der Waals surface area contributed by atoms with Crippen LogP contribution in [-0.4, -0.2) is 4.92 Å². The molecule has 2 aromatic carbocycles. The van der Waals surface area contributed by atoms with Crippen LogP contribution in [0.15, 0.2) is 53.8 Å². The van der Waals surface area contributed by atoms with Crippen LogP contribution in [0.25, 0.3) is 0 Å². The largest absolute Gasteiger partial charge is 0.295 e. The SMILES string of the molecule is O=NN(c1ccccc1)c1cc(Cl)ccc1[N+](=O)[O-]. The average Bonchev–Trinajstić information content (AvgIpc) is 2.40. The summed E-state index contributed by atoms with van der Waals surface area (Å²) in [5, 5.41) is 15.0. The Morgan fingerprint density at radius 2 is 1.84 bits per heavy atom. The molecule has 0 aromatic heterocycles. The molecular formula is C12H8ClN3O3. The molecule has 0 saturated heterocycles. The molecule has 96 valence electrons. The van der Waals surface area contributed by atoms with Gasteiger partial charge < -0.3 is 0 Å². The van der Waals surface area contributed by atoms with Crippen molar-refractivity contribution in [1.82, 2.24) is 0 Å². The number of anilines is 2. The van der Waals surface area contributed by atoms with Crippen LogP contribution < -0.4 is 5.01 Å².